The fourth-order valence-corrected chi connectivity index (χ4v) is 4.15. The summed E-state index contributed by atoms with van der Waals surface area (Å²) in [6.45, 7) is 2.56. The van der Waals surface area contributed by atoms with E-state index in [2.05, 4.69) is 22.0 Å². The maximum atomic E-state index is 13.1. The van der Waals surface area contributed by atoms with Gasteiger partial charge in [-0.1, -0.05) is 48.5 Å². The van der Waals surface area contributed by atoms with Crippen molar-refractivity contribution in [3.05, 3.63) is 101 Å². The molecule has 0 aliphatic carbocycles. The molecule has 0 atom stereocenters. The van der Waals surface area contributed by atoms with Crippen LogP contribution in [0.2, 0.25) is 0 Å². The van der Waals surface area contributed by atoms with E-state index in [4.69, 9.17) is 4.42 Å². The molecule has 164 valence electrons. The molecule has 4 aromatic rings. The van der Waals surface area contributed by atoms with E-state index in [1.54, 1.807) is 18.2 Å². The van der Waals surface area contributed by atoms with Gasteiger partial charge in [0.2, 0.25) is 0 Å². The SMILES string of the molecule is Cc1c(/C=C2/C(=O)NC(=O)N(Cc3ccco3)C2=O)c2ccccc2n1Cc1ccccc1. The van der Waals surface area contributed by atoms with Gasteiger partial charge in [-0.2, -0.15) is 0 Å². The van der Waals surface area contributed by atoms with E-state index in [9.17, 15) is 14.4 Å². The second-order valence-electron chi connectivity index (χ2n) is 7.88. The van der Waals surface area contributed by atoms with Crippen LogP contribution < -0.4 is 5.32 Å². The Hall–Kier alpha value is -4.39. The third-order valence-electron chi connectivity index (χ3n) is 5.83. The Balaban J connectivity index is 1.58. The molecular weight excluding hydrogens is 418 g/mol. The second-order valence-corrected chi connectivity index (χ2v) is 7.88. The van der Waals surface area contributed by atoms with Gasteiger partial charge < -0.3 is 8.98 Å². The van der Waals surface area contributed by atoms with Crippen molar-refractivity contribution in [3.63, 3.8) is 0 Å². The van der Waals surface area contributed by atoms with Crippen LogP contribution in [-0.4, -0.2) is 27.3 Å². The van der Waals surface area contributed by atoms with Gasteiger partial charge in [0.1, 0.15) is 11.3 Å². The highest BCUT2D eigenvalue weighted by Gasteiger charge is 2.36. The summed E-state index contributed by atoms with van der Waals surface area (Å²) in [7, 11) is 0. The van der Waals surface area contributed by atoms with Crippen LogP contribution in [0.1, 0.15) is 22.6 Å². The van der Waals surface area contributed by atoms with Crippen molar-refractivity contribution >= 4 is 34.8 Å². The summed E-state index contributed by atoms with van der Waals surface area (Å²) in [6.07, 6.45) is 3.05. The molecule has 1 fully saturated rings. The largest absolute Gasteiger partial charge is 0.467 e. The van der Waals surface area contributed by atoms with Crippen molar-refractivity contribution in [3.8, 4) is 0 Å². The average Bonchev–Trinajstić information content (AvgIpc) is 3.42. The molecular formula is C26H21N3O4. The number of imide groups is 2. The monoisotopic (exact) mass is 439 g/mol. The lowest BCUT2D eigenvalue weighted by atomic mass is 10.0. The van der Waals surface area contributed by atoms with Gasteiger partial charge >= 0.3 is 6.03 Å². The van der Waals surface area contributed by atoms with Crippen molar-refractivity contribution < 1.29 is 18.8 Å². The molecule has 7 nitrogen and oxygen atoms in total. The van der Waals surface area contributed by atoms with E-state index in [0.29, 0.717) is 12.3 Å². The van der Waals surface area contributed by atoms with Crippen LogP contribution in [-0.2, 0) is 22.7 Å². The third-order valence-corrected chi connectivity index (χ3v) is 5.83. The van der Waals surface area contributed by atoms with Gasteiger partial charge in [0.15, 0.2) is 0 Å². The number of nitrogens with zero attached hydrogens (tertiary/aromatic N) is 2. The third kappa shape index (κ3) is 3.74. The first-order valence-electron chi connectivity index (χ1n) is 10.6. The number of fused-ring (bicyclic) bond motifs is 1. The number of carbonyl (C=O) groups is 3. The van der Waals surface area contributed by atoms with E-state index in [1.165, 1.54) is 6.26 Å². The highest BCUT2D eigenvalue weighted by Crippen LogP contribution is 2.30. The summed E-state index contributed by atoms with van der Waals surface area (Å²) in [6, 6.07) is 20.5. The molecule has 1 aliphatic heterocycles. The van der Waals surface area contributed by atoms with E-state index >= 15 is 0 Å². The van der Waals surface area contributed by atoms with Gasteiger partial charge in [0.25, 0.3) is 11.8 Å². The number of aromatic nitrogens is 1. The number of hydrogen-bond acceptors (Lipinski definition) is 4. The number of urea groups is 1. The van der Waals surface area contributed by atoms with Gasteiger partial charge in [-0.25, -0.2) is 4.79 Å². The van der Waals surface area contributed by atoms with Crippen LogP contribution >= 0.6 is 0 Å². The fraction of sp³-hybridized carbons (Fsp3) is 0.115. The van der Waals surface area contributed by atoms with Gasteiger partial charge in [-0.05, 0) is 36.8 Å². The van der Waals surface area contributed by atoms with Crippen molar-refractivity contribution in [1.82, 2.24) is 14.8 Å². The molecule has 0 unspecified atom stereocenters. The number of para-hydroxylation sites is 1. The molecule has 0 spiro atoms. The van der Waals surface area contributed by atoms with Crippen LogP contribution in [0.25, 0.3) is 17.0 Å². The maximum Gasteiger partial charge on any atom is 0.331 e. The number of amides is 4. The van der Waals surface area contributed by atoms with Gasteiger partial charge in [-0.15, -0.1) is 0 Å². The highest BCUT2D eigenvalue weighted by molar-refractivity contribution is 6.31. The standard InChI is InChI=1S/C26H21N3O4/c1-17-21(20-11-5-6-12-23(20)28(17)15-18-8-3-2-4-9-18)14-22-24(30)27-26(32)29(25(22)31)16-19-10-7-13-33-19/h2-14H,15-16H2,1H3,(H,27,30,32)/b22-14-. The van der Waals surface area contributed by atoms with Crippen LogP contribution in [0.15, 0.2) is 83.0 Å². The molecule has 7 heteroatoms. The lowest BCUT2D eigenvalue weighted by Crippen LogP contribution is -2.53. The smallest absolute Gasteiger partial charge is 0.331 e. The number of nitrogens with one attached hydrogen (secondary N) is 1. The number of carbonyl (C=O) groups excluding carboxylic acids is 3. The second kappa shape index (κ2) is 8.27. The molecule has 0 saturated carbocycles. The lowest BCUT2D eigenvalue weighted by Gasteiger charge is -2.25. The zero-order valence-corrected chi connectivity index (χ0v) is 17.9. The summed E-state index contributed by atoms with van der Waals surface area (Å²) >= 11 is 0. The Morgan fingerprint density at radius 3 is 2.42 bits per heavy atom. The molecule has 0 bridgehead atoms. The molecule has 1 saturated heterocycles. The van der Waals surface area contributed by atoms with Crippen molar-refractivity contribution in [2.75, 3.05) is 0 Å². The van der Waals surface area contributed by atoms with Gasteiger partial charge in [0, 0.05) is 28.7 Å². The molecule has 4 amide bonds. The summed E-state index contributed by atoms with van der Waals surface area (Å²) in [4.78, 5) is 39.1. The Bertz CT molecular complexity index is 1400. The van der Waals surface area contributed by atoms with Crippen LogP contribution in [0, 0.1) is 6.92 Å². The first kappa shape index (κ1) is 20.5. The van der Waals surface area contributed by atoms with E-state index in [-0.39, 0.29) is 12.1 Å². The molecule has 1 aliphatic rings. The molecule has 1 N–H and O–H groups in total. The first-order valence-corrected chi connectivity index (χ1v) is 10.6. The highest BCUT2D eigenvalue weighted by atomic mass is 16.3. The number of benzene rings is 2. The molecule has 2 aromatic carbocycles. The number of barbiturate groups is 1. The average molecular weight is 439 g/mol. The fourth-order valence-electron chi connectivity index (χ4n) is 4.15. The topological polar surface area (TPSA) is 84.6 Å². The van der Waals surface area contributed by atoms with Crippen LogP contribution in [0.3, 0.4) is 0 Å². The van der Waals surface area contributed by atoms with Crippen molar-refractivity contribution in [2.24, 2.45) is 0 Å². The minimum Gasteiger partial charge on any atom is -0.467 e. The maximum absolute atomic E-state index is 13.1. The summed E-state index contributed by atoms with van der Waals surface area (Å²) in [5.41, 5.74) is 3.74. The Morgan fingerprint density at radius 2 is 1.67 bits per heavy atom. The number of rotatable bonds is 5. The Kier molecular flexibility index (Phi) is 5.14. The summed E-state index contributed by atoms with van der Waals surface area (Å²) in [5.74, 6) is -0.915. The zero-order chi connectivity index (χ0) is 22.9. The van der Waals surface area contributed by atoms with E-state index in [0.717, 1.165) is 32.6 Å². The van der Waals surface area contributed by atoms with Gasteiger partial charge in [-0.3, -0.25) is 19.8 Å². The quantitative estimate of drug-likeness (QED) is 0.372. The normalized spacial score (nSPS) is 15.5. The van der Waals surface area contributed by atoms with Crippen LogP contribution in [0.5, 0.6) is 0 Å². The number of furan rings is 1. The predicted molar refractivity (Wildman–Crippen MR) is 123 cm³/mol. The molecule has 3 heterocycles. The zero-order valence-electron chi connectivity index (χ0n) is 17.9. The Morgan fingerprint density at radius 1 is 0.909 bits per heavy atom. The summed E-state index contributed by atoms with van der Waals surface area (Å²) in [5, 5.41) is 3.19. The van der Waals surface area contributed by atoms with Gasteiger partial charge in [0.05, 0.1) is 12.8 Å². The summed E-state index contributed by atoms with van der Waals surface area (Å²) < 4.78 is 7.43. The lowest BCUT2D eigenvalue weighted by molar-refractivity contribution is -0.130. The van der Waals surface area contributed by atoms with Crippen LogP contribution in [0.4, 0.5) is 4.79 Å². The predicted octanol–water partition coefficient (Wildman–Crippen LogP) is 4.25. The minimum atomic E-state index is -0.762. The van der Waals surface area contributed by atoms with Crippen molar-refractivity contribution in [1.29, 1.82) is 0 Å². The first-order chi connectivity index (χ1) is 16.0. The molecule has 0 radical (unpaired) electrons. The molecule has 2 aromatic heterocycles. The Labute approximate surface area is 189 Å². The number of hydrogen-bond donors (Lipinski definition) is 1. The van der Waals surface area contributed by atoms with E-state index in [1.807, 2.05) is 49.4 Å². The molecule has 5 rings (SSSR count). The van der Waals surface area contributed by atoms with E-state index < -0.39 is 17.8 Å². The minimum absolute atomic E-state index is 0.0585. The molecule has 33 heavy (non-hydrogen) atoms. The van der Waals surface area contributed by atoms with Crippen molar-refractivity contribution in [2.45, 2.75) is 20.0 Å².